The van der Waals surface area contributed by atoms with Crippen LogP contribution in [-0.2, 0) is 18.6 Å². The van der Waals surface area contributed by atoms with Gasteiger partial charge in [-0.15, -0.1) is 12.3 Å². The number of aliphatic hydroxyl groups is 2. The molecule has 0 aromatic heterocycles. The van der Waals surface area contributed by atoms with Crippen molar-refractivity contribution in [3.05, 3.63) is 29.8 Å². The number of hydrogen-bond donors (Lipinski definition) is 2. The minimum Gasteiger partial charge on any atom is -0.529 e. The predicted octanol–water partition coefficient (Wildman–Crippen LogP) is -0.122. The summed E-state index contributed by atoms with van der Waals surface area (Å²) < 4.78 is 0. The molecule has 0 aromatic rings. The van der Waals surface area contributed by atoms with Crippen molar-refractivity contribution < 1.29 is 39.7 Å². The summed E-state index contributed by atoms with van der Waals surface area (Å²) in [5.74, 6) is -0.0162. The Hall–Kier alpha value is -0.586. The van der Waals surface area contributed by atoms with E-state index in [1.807, 2.05) is 14.0 Å². The molecule has 1 rings (SSSR count). The van der Waals surface area contributed by atoms with Crippen LogP contribution in [0.1, 0.15) is 13.3 Å². The molecule has 0 amide bonds. The van der Waals surface area contributed by atoms with E-state index in [1.54, 1.807) is 11.1 Å². The molecule has 1 aliphatic heterocycles. The van der Waals surface area contributed by atoms with Crippen LogP contribution in [0.3, 0.4) is 0 Å². The van der Waals surface area contributed by atoms with Gasteiger partial charge in [-0.05, 0) is 12.7 Å². The molecule has 0 fully saturated rings. The second-order valence-electron chi connectivity index (χ2n) is 2.46. The van der Waals surface area contributed by atoms with E-state index in [1.165, 1.54) is 6.08 Å². The normalized spacial score (nSPS) is 14.2. The van der Waals surface area contributed by atoms with Crippen molar-refractivity contribution in [3.63, 3.8) is 0 Å². The van der Waals surface area contributed by atoms with Crippen molar-refractivity contribution in [2.24, 2.45) is 0 Å². The molecule has 6 N–H and O–H groups in total. The first-order chi connectivity index (χ1) is 5.16. The van der Waals surface area contributed by atoms with Crippen molar-refractivity contribution in [2.75, 3.05) is 7.05 Å². The van der Waals surface area contributed by atoms with Crippen LogP contribution in [0.5, 0.6) is 0 Å². The Balaban J connectivity index is -0.000000403. The summed E-state index contributed by atoms with van der Waals surface area (Å²) >= 11 is 0. The van der Waals surface area contributed by atoms with Crippen LogP contribution >= 0.6 is 0 Å². The van der Waals surface area contributed by atoms with E-state index in [0.717, 1.165) is 5.70 Å². The van der Waals surface area contributed by atoms with Gasteiger partial charge in [0.2, 0.25) is 0 Å². The molecule has 0 unspecified atom stereocenters. The first kappa shape index (κ1) is 19.1. The van der Waals surface area contributed by atoms with Crippen molar-refractivity contribution in [1.29, 1.82) is 0 Å². The van der Waals surface area contributed by atoms with E-state index in [4.69, 9.17) is 5.11 Å². The molecule has 5 nitrogen and oxygen atoms in total. The number of aliphatic hydroxyl groups excluding tert-OH is 2. The number of hydrogen-bond acceptors (Lipinski definition) is 3. The molecule has 0 saturated carbocycles. The van der Waals surface area contributed by atoms with Crippen LogP contribution < -0.4 is 0 Å². The molecule has 0 aliphatic carbocycles. The molecule has 83 valence electrons. The van der Waals surface area contributed by atoms with Gasteiger partial charge in [0.1, 0.15) is 0 Å². The van der Waals surface area contributed by atoms with E-state index in [0.29, 0.717) is 6.42 Å². The third kappa shape index (κ3) is 3.65. The summed E-state index contributed by atoms with van der Waals surface area (Å²) in [4.78, 5) is 1.79. The summed E-state index contributed by atoms with van der Waals surface area (Å²) in [6.45, 7) is 1.93. The number of allylic oxidation sites excluding steroid dienone is 1. The molecular formula is C8H16NO4V-. The van der Waals surface area contributed by atoms with Crippen LogP contribution in [0, 0.1) is 6.10 Å². The average Bonchev–Trinajstić information content (AvgIpc) is 1.99. The van der Waals surface area contributed by atoms with E-state index in [2.05, 4.69) is 0 Å². The van der Waals surface area contributed by atoms with Crippen molar-refractivity contribution >= 4 is 0 Å². The third-order valence-corrected chi connectivity index (χ3v) is 1.73. The smallest absolute Gasteiger partial charge is 0.0560 e. The molecular weight excluding hydrogens is 225 g/mol. The average molecular weight is 241 g/mol. The quantitative estimate of drug-likeness (QED) is 0.624. The zero-order valence-corrected chi connectivity index (χ0v) is 9.55. The van der Waals surface area contributed by atoms with Crippen molar-refractivity contribution in [2.45, 2.75) is 13.3 Å². The van der Waals surface area contributed by atoms with Gasteiger partial charge in [0.05, 0.1) is 5.76 Å². The van der Waals surface area contributed by atoms with E-state index < -0.39 is 0 Å². The van der Waals surface area contributed by atoms with E-state index in [9.17, 15) is 5.11 Å². The van der Waals surface area contributed by atoms with E-state index in [-0.39, 0.29) is 41.4 Å². The fraction of sp³-hybridized carbons (Fsp3) is 0.375. The number of nitrogens with zero attached hydrogens (tertiary/aromatic N) is 1. The molecule has 6 heteroatoms. The Kier molecular flexibility index (Phi) is 10.6. The van der Waals surface area contributed by atoms with Crippen LogP contribution in [0.15, 0.2) is 23.7 Å². The maximum Gasteiger partial charge on any atom is 0.0560 e. The Morgan fingerprint density at radius 2 is 1.93 bits per heavy atom. The molecule has 0 atom stereocenters. The molecule has 1 radical (unpaired) electrons. The van der Waals surface area contributed by atoms with E-state index >= 15 is 0 Å². The molecule has 1 aliphatic rings. The Morgan fingerprint density at radius 3 is 2.29 bits per heavy atom. The minimum atomic E-state index is -0.0556. The zero-order valence-electron chi connectivity index (χ0n) is 8.15. The van der Waals surface area contributed by atoms with Crippen LogP contribution in [-0.4, -0.2) is 33.1 Å². The van der Waals surface area contributed by atoms with Crippen LogP contribution in [0.2, 0.25) is 0 Å². The van der Waals surface area contributed by atoms with Crippen molar-refractivity contribution in [3.8, 4) is 0 Å². The van der Waals surface area contributed by atoms with Gasteiger partial charge in [-0.25, -0.2) is 0 Å². The summed E-state index contributed by atoms with van der Waals surface area (Å²) in [7, 11) is 1.83. The summed E-state index contributed by atoms with van der Waals surface area (Å²) in [5.41, 5.74) is 0.741. The SMILES string of the molecule is CCC1=C(O)[C-](O)C=CN1C.O.O.[V]. The van der Waals surface area contributed by atoms with Gasteiger partial charge < -0.3 is 26.1 Å². The Morgan fingerprint density at radius 1 is 1.43 bits per heavy atom. The van der Waals surface area contributed by atoms with Crippen LogP contribution in [0.4, 0.5) is 0 Å². The van der Waals surface area contributed by atoms with Gasteiger partial charge in [-0.2, -0.15) is 0 Å². The monoisotopic (exact) mass is 241 g/mol. The largest absolute Gasteiger partial charge is 0.529 e. The first-order valence-corrected chi connectivity index (χ1v) is 3.56. The second kappa shape index (κ2) is 7.78. The standard InChI is InChI=1S/C8H12NO2.2H2O.V/c1-3-6-8(11)7(10)4-5-9(6)2;;;/h4-5,10-11H,3H2,1-2H3;2*1H2;/q-1;;;. The maximum absolute atomic E-state index is 9.31. The Bertz CT molecular complexity index is 217. The van der Waals surface area contributed by atoms with Gasteiger partial charge in [-0.3, -0.25) is 0 Å². The number of rotatable bonds is 1. The molecule has 14 heavy (non-hydrogen) atoms. The third-order valence-electron chi connectivity index (χ3n) is 1.73. The zero-order chi connectivity index (χ0) is 8.43. The van der Waals surface area contributed by atoms with Gasteiger partial charge in [-0.1, -0.05) is 13.3 Å². The van der Waals surface area contributed by atoms with Gasteiger partial charge >= 0.3 is 0 Å². The second-order valence-corrected chi connectivity index (χ2v) is 2.46. The molecule has 0 aromatic carbocycles. The minimum absolute atomic E-state index is 0. The van der Waals surface area contributed by atoms with Crippen molar-refractivity contribution in [1.82, 2.24) is 4.90 Å². The predicted molar refractivity (Wildman–Crippen MR) is 49.3 cm³/mol. The summed E-state index contributed by atoms with van der Waals surface area (Å²) in [6.07, 6.45) is 3.83. The van der Waals surface area contributed by atoms with Gasteiger partial charge in [0.15, 0.2) is 0 Å². The summed E-state index contributed by atoms with van der Waals surface area (Å²) in [6, 6.07) is 0. The maximum atomic E-state index is 9.31. The summed E-state index contributed by atoms with van der Waals surface area (Å²) in [5, 5.41) is 18.4. The van der Waals surface area contributed by atoms with Gasteiger partial charge in [0.25, 0.3) is 0 Å². The first-order valence-electron chi connectivity index (χ1n) is 3.56. The topological polar surface area (TPSA) is 107 Å². The Labute approximate surface area is 95.2 Å². The molecule has 1 heterocycles. The fourth-order valence-electron chi connectivity index (χ4n) is 1.08. The van der Waals surface area contributed by atoms with Crippen LogP contribution in [0.25, 0.3) is 0 Å². The fourth-order valence-corrected chi connectivity index (χ4v) is 1.08. The molecule has 0 saturated heterocycles. The van der Waals surface area contributed by atoms with Gasteiger partial charge in [0, 0.05) is 24.7 Å². The molecule has 0 bridgehead atoms. The molecule has 0 spiro atoms.